The standard InChI is InChI=1S/C46H78N2O6/c1-29(2)38(54-41(50)47(8)9)32-26-30(3)37-39(52-32)40(49)44(7)34-17-16-33-42(4,5)35(18-20-45(33)28-46(34,45)22-21-43(37,44)6)53-36-27-48(24-25-51-36)23-19-31-14-12-10-11-13-15-31/h29-40,49H,10-28H2,1-9H3. The van der Waals surface area contributed by atoms with E-state index in [1.54, 1.807) is 14.1 Å². The molecular formula is C46H78N2O6. The highest BCUT2D eigenvalue weighted by Gasteiger charge is 2.84. The quantitative estimate of drug-likeness (QED) is 0.248. The predicted octanol–water partition coefficient (Wildman–Crippen LogP) is 8.93. The number of fused-ring (bicyclic) bond motifs is 4. The molecule has 0 radical (unpaired) electrons. The predicted molar refractivity (Wildman–Crippen MR) is 212 cm³/mol. The Labute approximate surface area is 328 Å². The number of rotatable bonds is 8. The Balaban J connectivity index is 0.957. The maximum absolute atomic E-state index is 12.7. The van der Waals surface area contributed by atoms with Gasteiger partial charge < -0.3 is 29.0 Å². The molecule has 2 heterocycles. The van der Waals surface area contributed by atoms with Gasteiger partial charge in [-0.2, -0.15) is 0 Å². The lowest BCUT2D eigenvalue weighted by Gasteiger charge is -2.64. The molecule has 308 valence electrons. The molecule has 2 spiro atoms. The van der Waals surface area contributed by atoms with E-state index in [1.165, 1.54) is 94.9 Å². The van der Waals surface area contributed by atoms with Crippen molar-refractivity contribution in [3.05, 3.63) is 0 Å². The minimum Gasteiger partial charge on any atom is -0.443 e. The van der Waals surface area contributed by atoms with Gasteiger partial charge in [0, 0.05) is 32.6 Å². The minimum absolute atomic E-state index is 0.0118. The first-order valence-electron chi connectivity index (χ1n) is 22.8. The molecule has 2 aliphatic heterocycles. The Morgan fingerprint density at radius 2 is 1.65 bits per heavy atom. The fraction of sp³-hybridized carbons (Fsp3) is 0.978. The highest BCUT2D eigenvalue weighted by molar-refractivity contribution is 5.67. The summed E-state index contributed by atoms with van der Waals surface area (Å²) in [5, 5.41) is 12.7. The third-order valence-electron chi connectivity index (χ3n) is 18.7. The lowest BCUT2D eigenvalue weighted by molar-refractivity contribution is -0.249. The molecule has 0 aromatic rings. The second-order valence-corrected chi connectivity index (χ2v) is 21.9. The van der Waals surface area contributed by atoms with Gasteiger partial charge in [-0.05, 0) is 121 Å². The molecule has 0 bridgehead atoms. The summed E-state index contributed by atoms with van der Waals surface area (Å²) >= 11 is 0. The molecule has 14 atom stereocenters. The molecule has 0 aromatic carbocycles. The van der Waals surface area contributed by atoms with Crippen LogP contribution in [-0.4, -0.2) is 98.1 Å². The van der Waals surface area contributed by atoms with Crippen LogP contribution in [-0.2, 0) is 18.9 Å². The molecule has 8 aliphatic rings. The number of ether oxygens (including phenoxy) is 4. The highest BCUT2D eigenvalue weighted by atomic mass is 16.7. The summed E-state index contributed by atoms with van der Waals surface area (Å²) < 4.78 is 26.5. The van der Waals surface area contributed by atoms with Crippen LogP contribution >= 0.6 is 0 Å². The Morgan fingerprint density at radius 1 is 0.944 bits per heavy atom. The fourth-order valence-corrected chi connectivity index (χ4v) is 15.8. The number of carbonyl (C=O) groups is 1. The number of nitrogens with zero attached hydrogens (tertiary/aromatic N) is 2. The molecule has 8 fully saturated rings. The molecule has 1 N–H and O–H groups in total. The average Bonchev–Trinajstić information content (AvgIpc) is 3.83. The van der Waals surface area contributed by atoms with Gasteiger partial charge in [-0.1, -0.05) is 87.0 Å². The highest BCUT2D eigenvalue weighted by Crippen LogP contribution is 2.89. The van der Waals surface area contributed by atoms with Gasteiger partial charge in [-0.3, -0.25) is 4.90 Å². The maximum atomic E-state index is 12.7. The molecule has 8 nitrogen and oxygen atoms in total. The Kier molecular flexibility index (Phi) is 10.6. The number of hydrogen-bond donors (Lipinski definition) is 1. The van der Waals surface area contributed by atoms with Gasteiger partial charge in [-0.25, -0.2) is 4.79 Å². The molecule has 54 heavy (non-hydrogen) atoms. The van der Waals surface area contributed by atoms with Crippen LogP contribution in [0.1, 0.15) is 145 Å². The summed E-state index contributed by atoms with van der Waals surface area (Å²) in [5.41, 5.74) is 0.551. The maximum Gasteiger partial charge on any atom is 0.409 e. The number of aliphatic hydroxyl groups is 1. The average molecular weight is 755 g/mol. The summed E-state index contributed by atoms with van der Waals surface area (Å²) in [6.45, 7) is 20.6. The van der Waals surface area contributed by atoms with Gasteiger partial charge in [0.25, 0.3) is 0 Å². The van der Waals surface area contributed by atoms with E-state index < -0.39 is 6.10 Å². The molecule has 6 aliphatic carbocycles. The van der Waals surface area contributed by atoms with Crippen molar-refractivity contribution < 1.29 is 28.8 Å². The van der Waals surface area contributed by atoms with Crippen LogP contribution in [0, 0.1) is 62.6 Å². The van der Waals surface area contributed by atoms with Crippen molar-refractivity contribution >= 4 is 6.09 Å². The zero-order chi connectivity index (χ0) is 38.4. The van der Waals surface area contributed by atoms with E-state index in [2.05, 4.69) is 53.4 Å². The van der Waals surface area contributed by atoms with Crippen LogP contribution in [0.2, 0.25) is 0 Å². The van der Waals surface area contributed by atoms with Gasteiger partial charge in [0.1, 0.15) is 6.10 Å². The summed E-state index contributed by atoms with van der Waals surface area (Å²) in [6.07, 6.45) is 17.8. The Morgan fingerprint density at radius 3 is 2.35 bits per heavy atom. The molecule has 14 unspecified atom stereocenters. The largest absolute Gasteiger partial charge is 0.443 e. The second-order valence-electron chi connectivity index (χ2n) is 21.9. The van der Waals surface area contributed by atoms with Gasteiger partial charge in [0.05, 0.1) is 31.0 Å². The van der Waals surface area contributed by atoms with Gasteiger partial charge in [0.2, 0.25) is 0 Å². The van der Waals surface area contributed by atoms with Crippen molar-refractivity contribution in [3.63, 3.8) is 0 Å². The second kappa shape index (κ2) is 14.4. The summed E-state index contributed by atoms with van der Waals surface area (Å²) in [7, 11) is 3.47. The van der Waals surface area contributed by atoms with Gasteiger partial charge >= 0.3 is 6.09 Å². The van der Waals surface area contributed by atoms with Crippen LogP contribution in [0.15, 0.2) is 0 Å². The lowest BCUT2D eigenvalue weighted by Crippen LogP contribution is -2.60. The number of morpholine rings is 1. The first-order chi connectivity index (χ1) is 25.6. The zero-order valence-corrected chi connectivity index (χ0v) is 35.7. The van der Waals surface area contributed by atoms with E-state index >= 15 is 0 Å². The van der Waals surface area contributed by atoms with Crippen molar-refractivity contribution in [1.29, 1.82) is 0 Å². The lowest BCUT2D eigenvalue weighted by atomic mass is 9.41. The molecule has 0 aromatic heterocycles. The van der Waals surface area contributed by atoms with Crippen molar-refractivity contribution in [2.45, 2.75) is 182 Å². The van der Waals surface area contributed by atoms with Crippen molar-refractivity contribution in [2.24, 2.45) is 62.6 Å². The first kappa shape index (κ1) is 39.9. The molecule has 6 saturated carbocycles. The van der Waals surface area contributed by atoms with Crippen molar-refractivity contribution in [3.8, 4) is 0 Å². The Hall–Kier alpha value is -0.930. The summed E-state index contributed by atoms with van der Waals surface area (Å²) in [5.74, 6) is 2.86. The summed E-state index contributed by atoms with van der Waals surface area (Å²) in [6, 6.07) is 0. The monoisotopic (exact) mass is 755 g/mol. The van der Waals surface area contributed by atoms with Gasteiger partial charge in [-0.15, -0.1) is 0 Å². The van der Waals surface area contributed by atoms with Gasteiger partial charge in [0.15, 0.2) is 6.29 Å². The normalized spacial score (nSPS) is 48.0. The van der Waals surface area contributed by atoms with Crippen molar-refractivity contribution in [1.82, 2.24) is 9.80 Å². The zero-order valence-electron chi connectivity index (χ0n) is 35.7. The number of amides is 1. The fourth-order valence-electron chi connectivity index (χ4n) is 15.8. The minimum atomic E-state index is -0.520. The molecular weight excluding hydrogens is 677 g/mol. The third-order valence-corrected chi connectivity index (χ3v) is 18.7. The van der Waals surface area contributed by atoms with E-state index in [0.717, 1.165) is 38.5 Å². The van der Waals surface area contributed by atoms with E-state index in [-0.39, 0.29) is 59.0 Å². The summed E-state index contributed by atoms with van der Waals surface area (Å²) in [4.78, 5) is 16.9. The smallest absolute Gasteiger partial charge is 0.409 e. The molecule has 8 rings (SSSR count). The van der Waals surface area contributed by atoms with Crippen LogP contribution in [0.3, 0.4) is 0 Å². The van der Waals surface area contributed by atoms with E-state index in [0.29, 0.717) is 34.5 Å². The van der Waals surface area contributed by atoms with E-state index in [9.17, 15) is 9.90 Å². The Bertz CT molecular complexity index is 1360. The SMILES string of the molecule is CC(C)C(OC(=O)N(C)C)C1CC(C)C2C(O1)C(O)C1(C)C3CCC4C(C)(C)C(OC5CN(CCC6CCCCCC6)CCO5)CCC45CC35CCC21C. The van der Waals surface area contributed by atoms with E-state index in [1.807, 2.05) is 0 Å². The number of hydrogen-bond acceptors (Lipinski definition) is 7. The topological polar surface area (TPSA) is 80.7 Å². The van der Waals surface area contributed by atoms with Crippen LogP contribution in [0.5, 0.6) is 0 Å². The third kappa shape index (κ3) is 6.08. The molecule has 8 heteroatoms. The van der Waals surface area contributed by atoms with Crippen LogP contribution in [0.4, 0.5) is 4.79 Å². The molecule has 1 amide bonds. The van der Waals surface area contributed by atoms with Crippen LogP contribution in [0.25, 0.3) is 0 Å². The van der Waals surface area contributed by atoms with Crippen LogP contribution < -0.4 is 0 Å². The number of aliphatic hydroxyl groups excluding tert-OH is 1. The molecule has 2 saturated heterocycles. The van der Waals surface area contributed by atoms with Crippen molar-refractivity contribution in [2.75, 3.05) is 40.3 Å². The first-order valence-corrected chi connectivity index (χ1v) is 22.8. The number of carbonyl (C=O) groups excluding carboxylic acids is 1. The van der Waals surface area contributed by atoms with E-state index in [4.69, 9.17) is 18.9 Å².